The number of nitrogens with two attached hydrogens (primary N) is 1. The molecule has 0 saturated carbocycles. The van der Waals surface area contributed by atoms with Crippen LogP contribution < -0.4 is 11.3 Å². The zero-order valence-electron chi connectivity index (χ0n) is 9.54. The van der Waals surface area contributed by atoms with Gasteiger partial charge in [0, 0.05) is 26.2 Å². The molecule has 0 bridgehead atoms. The van der Waals surface area contributed by atoms with E-state index in [4.69, 9.17) is 5.84 Å². The predicted octanol–water partition coefficient (Wildman–Crippen LogP) is -0.606. The van der Waals surface area contributed by atoms with E-state index in [2.05, 4.69) is 22.1 Å². The lowest BCUT2D eigenvalue weighted by Gasteiger charge is -2.34. The molecule has 0 unspecified atom stereocenters. The Balaban J connectivity index is 2.15. The molecule has 1 aliphatic rings. The van der Waals surface area contributed by atoms with Crippen LogP contribution in [0.4, 0.5) is 0 Å². The van der Waals surface area contributed by atoms with Crippen LogP contribution in [-0.4, -0.2) is 55.0 Å². The number of amides is 1. The van der Waals surface area contributed by atoms with Gasteiger partial charge in [-0.1, -0.05) is 13.3 Å². The molecule has 1 rings (SSSR count). The Labute approximate surface area is 91.6 Å². The van der Waals surface area contributed by atoms with Crippen molar-refractivity contribution in [1.82, 2.24) is 15.2 Å². The summed E-state index contributed by atoms with van der Waals surface area (Å²) in [6.07, 6.45) is 2.51. The largest absolute Gasteiger partial charge is 0.301 e. The fraction of sp³-hybridized carbons (Fsp3) is 0.900. The van der Waals surface area contributed by atoms with Crippen molar-refractivity contribution in [3.8, 4) is 0 Å². The van der Waals surface area contributed by atoms with Gasteiger partial charge in [0.1, 0.15) is 0 Å². The number of carbonyl (C=O) groups excluding carboxylic acids is 1. The van der Waals surface area contributed by atoms with Gasteiger partial charge < -0.3 is 4.90 Å². The van der Waals surface area contributed by atoms with E-state index in [1.165, 1.54) is 19.4 Å². The number of rotatable bonds is 5. The van der Waals surface area contributed by atoms with E-state index in [0.29, 0.717) is 6.54 Å². The van der Waals surface area contributed by atoms with Crippen LogP contribution >= 0.6 is 0 Å². The van der Waals surface area contributed by atoms with Crippen molar-refractivity contribution >= 4 is 5.91 Å². The van der Waals surface area contributed by atoms with E-state index in [1.807, 2.05) is 0 Å². The second-order valence-corrected chi connectivity index (χ2v) is 4.04. The molecule has 0 atom stereocenters. The maximum Gasteiger partial charge on any atom is 0.248 e. The van der Waals surface area contributed by atoms with Gasteiger partial charge in [0.15, 0.2) is 0 Å². The topological polar surface area (TPSA) is 61.6 Å². The van der Waals surface area contributed by atoms with E-state index in [0.717, 1.165) is 26.2 Å². The van der Waals surface area contributed by atoms with Crippen LogP contribution in [0.1, 0.15) is 19.8 Å². The summed E-state index contributed by atoms with van der Waals surface area (Å²) in [6, 6.07) is 0. The Kier molecular flexibility index (Phi) is 5.60. The summed E-state index contributed by atoms with van der Waals surface area (Å²) in [5, 5.41) is 0. The average molecular weight is 214 g/mol. The number of nitrogens with zero attached hydrogens (tertiary/aromatic N) is 2. The van der Waals surface area contributed by atoms with Crippen molar-refractivity contribution in [2.24, 2.45) is 5.84 Å². The number of piperazine rings is 1. The third-order valence-corrected chi connectivity index (χ3v) is 2.82. The van der Waals surface area contributed by atoms with E-state index < -0.39 is 0 Å². The van der Waals surface area contributed by atoms with Gasteiger partial charge in [0.05, 0.1) is 6.54 Å². The maximum atomic E-state index is 11.0. The zero-order chi connectivity index (χ0) is 11.1. The van der Waals surface area contributed by atoms with Gasteiger partial charge in [-0.25, -0.2) is 5.84 Å². The van der Waals surface area contributed by atoms with Crippen LogP contribution in [0, 0.1) is 0 Å². The van der Waals surface area contributed by atoms with E-state index >= 15 is 0 Å². The number of hydrogen-bond donors (Lipinski definition) is 2. The minimum atomic E-state index is -0.1000. The molecular formula is C10H22N4O. The molecule has 0 aromatic heterocycles. The number of hydrazine groups is 1. The second-order valence-electron chi connectivity index (χ2n) is 4.04. The molecule has 88 valence electrons. The second kappa shape index (κ2) is 6.76. The minimum Gasteiger partial charge on any atom is -0.301 e. The van der Waals surface area contributed by atoms with Crippen molar-refractivity contribution in [3.63, 3.8) is 0 Å². The third kappa shape index (κ3) is 4.59. The van der Waals surface area contributed by atoms with Crippen molar-refractivity contribution in [3.05, 3.63) is 0 Å². The lowest BCUT2D eigenvalue weighted by molar-refractivity contribution is -0.122. The van der Waals surface area contributed by atoms with Crippen LogP contribution in [0.5, 0.6) is 0 Å². The Hall–Kier alpha value is -0.650. The van der Waals surface area contributed by atoms with E-state index in [1.54, 1.807) is 0 Å². The van der Waals surface area contributed by atoms with Gasteiger partial charge in [0.2, 0.25) is 5.91 Å². The minimum absolute atomic E-state index is 0.1000. The first-order valence-electron chi connectivity index (χ1n) is 5.70. The summed E-state index contributed by atoms with van der Waals surface area (Å²) >= 11 is 0. The molecule has 1 fully saturated rings. The Morgan fingerprint density at radius 3 is 2.40 bits per heavy atom. The summed E-state index contributed by atoms with van der Waals surface area (Å²) < 4.78 is 0. The lowest BCUT2D eigenvalue weighted by Crippen LogP contribution is -2.50. The number of carbonyl (C=O) groups is 1. The summed E-state index contributed by atoms with van der Waals surface area (Å²) in [5.74, 6) is 4.95. The zero-order valence-corrected chi connectivity index (χ0v) is 9.54. The van der Waals surface area contributed by atoms with Gasteiger partial charge in [-0.2, -0.15) is 0 Å². The monoisotopic (exact) mass is 214 g/mol. The third-order valence-electron chi connectivity index (χ3n) is 2.82. The fourth-order valence-electron chi connectivity index (χ4n) is 1.80. The van der Waals surface area contributed by atoms with E-state index in [9.17, 15) is 4.79 Å². The number of nitrogens with one attached hydrogen (secondary N) is 1. The molecule has 15 heavy (non-hydrogen) atoms. The van der Waals surface area contributed by atoms with Crippen molar-refractivity contribution < 1.29 is 4.79 Å². The molecule has 5 nitrogen and oxygen atoms in total. The Morgan fingerprint density at radius 2 is 1.87 bits per heavy atom. The van der Waals surface area contributed by atoms with Crippen LogP contribution in [0.2, 0.25) is 0 Å². The van der Waals surface area contributed by atoms with Gasteiger partial charge in [-0.15, -0.1) is 0 Å². The summed E-state index contributed by atoms with van der Waals surface area (Å²) in [4.78, 5) is 15.6. The Morgan fingerprint density at radius 1 is 1.27 bits per heavy atom. The smallest absolute Gasteiger partial charge is 0.248 e. The summed E-state index contributed by atoms with van der Waals surface area (Å²) in [6.45, 7) is 7.90. The molecule has 3 N–H and O–H groups in total. The quantitative estimate of drug-likeness (QED) is 0.364. The highest BCUT2D eigenvalue weighted by Crippen LogP contribution is 2.02. The highest BCUT2D eigenvalue weighted by atomic mass is 16.2. The molecule has 1 heterocycles. The molecule has 0 spiro atoms. The Bertz CT molecular complexity index is 190. The van der Waals surface area contributed by atoms with Crippen LogP contribution in [0.25, 0.3) is 0 Å². The molecule has 1 aliphatic heterocycles. The first kappa shape index (κ1) is 12.4. The van der Waals surface area contributed by atoms with Gasteiger partial charge in [0.25, 0.3) is 0 Å². The normalized spacial score (nSPS) is 19.1. The molecule has 1 saturated heterocycles. The van der Waals surface area contributed by atoms with Crippen molar-refractivity contribution in [2.45, 2.75) is 19.8 Å². The molecule has 1 amide bonds. The molecule has 5 heteroatoms. The SMILES string of the molecule is CCCCN1CCN(CC(=O)NN)CC1. The summed E-state index contributed by atoms with van der Waals surface area (Å²) in [7, 11) is 0. The molecule has 0 aromatic rings. The van der Waals surface area contributed by atoms with Gasteiger partial charge in [-0.3, -0.25) is 15.1 Å². The van der Waals surface area contributed by atoms with Crippen LogP contribution in [-0.2, 0) is 4.79 Å². The summed E-state index contributed by atoms with van der Waals surface area (Å²) in [5.41, 5.74) is 2.16. The fourth-order valence-corrected chi connectivity index (χ4v) is 1.80. The lowest BCUT2D eigenvalue weighted by atomic mass is 10.2. The molecule has 0 aliphatic carbocycles. The van der Waals surface area contributed by atoms with Crippen LogP contribution in [0.15, 0.2) is 0 Å². The number of hydrogen-bond acceptors (Lipinski definition) is 4. The molecule has 0 aromatic carbocycles. The molecular weight excluding hydrogens is 192 g/mol. The average Bonchev–Trinajstić information content (AvgIpc) is 2.28. The maximum absolute atomic E-state index is 11.0. The molecule has 0 radical (unpaired) electrons. The first-order chi connectivity index (χ1) is 7.26. The predicted molar refractivity (Wildman–Crippen MR) is 60.1 cm³/mol. The van der Waals surface area contributed by atoms with Crippen molar-refractivity contribution in [2.75, 3.05) is 39.3 Å². The van der Waals surface area contributed by atoms with Gasteiger partial charge in [-0.05, 0) is 13.0 Å². The standard InChI is InChI=1S/C10H22N4O/c1-2-3-4-13-5-7-14(8-6-13)9-10(15)12-11/h2-9,11H2,1H3,(H,12,15). The number of unbranched alkanes of at least 4 members (excludes halogenated alkanes) is 1. The van der Waals surface area contributed by atoms with Gasteiger partial charge >= 0.3 is 0 Å². The highest BCUT2D eigenvalue weighted by Gasteiger charge is 2.17. The first-order valence-corrected chi connectivity index (χ1v) is 5.70. The van der Waals surface area contributed by atoms with E-state index in [-0.39, 0.29) is 5.91 Å². The van der Waals surface area contributed by atoms with Crippen molar-refractivity contribution in [1.29, 1.82) is 0 Å². The highest BCUT2D eigenvalue weighted by molar-refractivity contribution is 5.77. The van der Waals surface area contributed by atoms with Crippen LogP contribution in [0.3, 0.4) is 0 Å².